The summed E-state index contributed by atoms with van der Waals surface area (Å²) in [7, 11) is 0. The predicted molar refractivity (Wildman–Crippen MR) is 98.6 cm³/mol. The second-order valence-corrected chi connectivity index (χ2v) is 7.25. The Morgan fingerprint density at radius 3 is 2.75 bits per heavy atom. The van der Waals surface area contributed by atoms with Crippen LogP contribution in [0.1, 0.15) is 32.1 Å². The lowest BCUT2D eigenvalue weighted by atomic mass is 10.2. The second-order valence-electron chi connectivity index (χ2n) is 5.31. The Labute approximate surface area is 151 Å². The molecule has 0 fully saturated rings. The van der Waals surface area contributed by atoms with Crippen LogP contribution in [0, 0.1) is 0 Å². The molecule has 1 atom stereocenters. The molecular weight excluding hydrogens is 348 g/mol. The summed E-state index contributed by atoms with van der Waals surface area (Å²) in [5.41, 5.74) is 0.705. The Morgan fingerprint density at radius 1 is 1.42 bits per heavy atom. The summed E-state index contributed by atoms with van der Waals surface area (Å²) >= 11 is 3.15. The van der Waals surface area contributed by atoms with Crippen molar-refractivity contribution in [1.29, 1.82) is 0 Å². The van der Waals surface area contributed by atoms with E-state index in [-0.39, 0.29) is 12.7 Å². The van der Waals surface area contributed by atoms with E-state index >= 15 is 0 Å². The van der Waals surface area contributed by atoms with Gasteiger partial charge in [0.25, 0.3) is 5.91 Å². The molecule has 0 aromatic carbocycles. The number of carbonyl (C=O) groups is 2. The van der Waals surface area contributed by atoms with E-state index in [1.807, 2.05) is 30.7 Å². The van der Waals surface area contributed by atoms with Crippen LogP contribution in [0.2, 0.25) is 0 Å². The molecule has 1 amide bonds. The molecule has 134 valence electrons. The Morgan fingerprint density at radius 2 is 2.17 bits per heavy atom. The first-order valence-corrected chi connectivity index (χ1v) is 9.90. The molecule has 0 aliphatic carbocycles. The van der Waals surface area contributed by atoms with Gasteiger partial charge in [0.05, 0.1) is 16.7 Å². The molecule has 0 aliphatic heterocycles. The van der Waals surface area contributed by atoms with E-state index < -0.39 is 17.9 Å². The van der Waals surface area contributed by atoms with Gasteiger partial charge in [-0.3, -0.25) is 4.79 Å². The van der Waals surface area contributed by atoms with Gasteiger partial charge in [-0.15, -0.1) is 11.3 Å². The van der Waals surface area contributed by atoms with Gasteiger partial charge in [-0.25, -0.2) is 4.79 Å². The lowest BCUT2D eigenvalue weighted by molar-refractivity contribution is -0.151. The molecule has 1 rings (SSSR count). The molecule has 1 unspecified atom stereocenters. The van der Waals surface area contributed by atoms with Gasteiger partial charge in [-0.1, -0.05) is 11.2 Å². The molecule has 0 aliphatic rings. The molecule has 1 N–H and O–H groups in total. The molecule has 8 heteroatoms. The van der Waals surface area contributed by atoms with Gasteiger partial charge in [-0.05, 0) is 50.6 Å². The minimum Gasteiger partial charge on any atom is -0.461 e. The fourth-order valence-corrected chi connectivity index (χ4v) is 2.89. The number of oxime groups is 1. The standard InChI is InChI=1S/C16H24N2O4S2/c1-11(2)22-16(20)13(7-9-23-4)17-15(19)10-21-18-12(3)14-6-5-8-24-14/h5-6,8,11,13H,7,9-10H2,1-4H3,(H,17,19)/b18-12-. The highest BCUT2D eigenvalue weighted by molar-refractivity contribution is 7.98. The number of nitrogens with one attached hydrogen (secondary N) is 1. The molecule has 6 nitrogen and oxygen atoms in total. The Bertz CT molecular complexity index is 544. The highest BCUT2D eigenvalue weighted by Crippen LogP contribution is 2.10. The van der Waals surface area contributed by atoms with E-state index in [9.17, 15) is 9.59 Å². The predicted octanol–water partition coefficient (Wildman–Crippen LogP) is 2.68. The normalized spacial score (nSPS) is 12.8. The number of nitrogens with zero attached hydrogens (tertiary/aromatic N) is 1. The molecule has 1 aromatic rings. The van der Waals surface area contributed by atoms with Gasteiger partial charge in [-0.2, -0.15) is 11.8 Å². The zero-order chi connectivity index (χ0) is 17.9. The van der Waals surface area contributed by atoms with Crippen molar-refractivity contribution >= 4 is 40.7 Å². The van der Waals surface area contributed by atoms with Gasteiger partial charge >= 0.3 is 5.97 Å². The molecular formula is C16H24N2O4S2. The largest absolute Gasteiger partial charge is 0.461 e. The Hall–Kier alpha value is -1.54. The molecule has 0 spiro atoms. The maximum Gasteiger partial charge on any atom is 0.328 e. The minimum atomic E-state index is -0.668. The number of rotatable bonds is 10. The van der Waals surface area contributed by atoms with Crippen molar-refractivity contribution in [2.45, 2.75) is 39.3 Å². The van der Waals surface area contributed by atoms with Crippen LogP contribution < -0.4 is 5.32 Å². The molecule has 0 saturated heterocycles. The van der Waals surface area contributed by atoms with Crippen molar-refractivity contribution in [1.82, 2.24) is 5.32 Å². The SMILES string of the molecule is CSCCC(NC(=O)CO/N=C(/C)c1cccs1)C(=O)OC(C)C. The second kappa shape index (κ2) is 11.1. The summed E-state index contributed by atoms with van der Waals surface area (Å²) in [6, 6.07) is 3.17. The van der Waals surface area contributed by atoms with E-state index in [1.165, 1.54) is 0 Å². The molecule has 1 aromatic heterocycles. The van der Waals surface area contributed by atoms with Crippen LogP contribution in [-0.2, 0) is 19.2 Å². The third kappa shape index (κ3) is 7.83. The van der Waals surface area contributed by atoms with Crippen molar-refractivity contribution in [3.05, 3.63) is 22.4 Å². The number of hydrogen-bond donors (Lipinski definition) is 1. The maximum atomic E-state index is 12.0. The number of thioether (sulfide) groups is 1. The third-order valence-electron chi connectivity index (χ3n) is 2.86. The molecule has 24 heavy (non-hydrogen) atoms. The fraction of sp³-hybridized carbons (Fsp3) is 0.562. The number of esters is 1. The molecule has 0 bridgehead atoms. The summed E-state index contributed by atoms with van der Waals surface area (Å²) in [6.45, 7) is 5.12. The van der Waals surface area contributed by atoms with E-state index in [0.29, 0.717) is 12.1 Å². The van der Waals surface area contributed by atoms with E-state index in [2.05, 4.69) is 10.5 Å². The zero-order valence-corrected chi connectivity index (χ0v) is 16.0. The number of carbonyl (C=O) groups excluding carboxylic acids is 2. The average molecular weight is 373 g/mol. The van der Waals surface area contributed by atoms with Gasteiger partial charge in [0.15, 0.2) is 6.61 Å². The van der Waals surface area contributed by atoms with Crippen LogP contribution in [0.4, 0.5) is 0 Å². The smallest absolute Gasteiger partial charge is 0.328 e. The van der Waals surface area contributed by atoms with Crippen LogP contribution in [-0.4, -0.2) is 48.3 Å². The fourth-order valence-electron chi connectivity index (χ4n) is 1.75. The topological polar surface area (TPSA) is 77.0 Å². The first-order valence-electron chi connectivity index (χ1n) is 7.63. The van der Waals surface area contributed by atoms with Crippen LogP contribution in [0.15, 0.2) is 22.7 Å². The van der Waals surface area contributed by atoms with E-state index in [4.69, 9.17) is 9.57 Å². The molecule has 1 heterocycles. The zero-order valence-electron chi connectivity index (χ0n) is 14.4. The number of thiophene rings is 1. The van der Waals surface area contributed by atoms with E-state index in [1.54, 1.807) is 36.9 Å². The summed E-state index contributed by atoms with van der Waals surface area (Å²) < 4.78 is 5.17. The van der Waals surface area contributed by atoms with Crippen molar-refractivity contribution in [2.24, 2.45) is 5.16 Å². The van der Waals surface area contributed by atoms with Crippen LogP contribution >= 0.6 is 23.1 Å². The number of ether oxygens (including phenoxy) is 1. The quantitative estimate of drug-likeness (QED) is 0.388. The first kappa shape index (κ1) is 20.5. The highest BCUT2D eigenvalue weighted by Gasteiger charge is 2.23. The summed E-state index contributed by atoms with van der Waals surface area (Å²) in [5.74, 6) is -0.0792. The van der Waals surface area contributed by atoms with Crippen LogP contribution in [0.5, 0.6) is 0 Å². The summed E-state index contributed by atoms with van der Waals surface area (Å²) in [6.07, 6.45) is 2.23. The molecule has 0 saturated carbocycles. The lowest BCUT2D eigenvalue weighted by Gasteiger charge is -2.18. The van der Waals surface area contributed by atoms with Crippen LogP contribution in [0.25, 0.3) is 0 Å². The molecule has 0 radical (unpaired) electrons. The van der Waals surface area contributed by atoms with Crippen LogP contribution in [0.3, 0.4) is 0 Å². The maximum absolute atomic E-state index is 12.0. The number of hydrogen-bond acceptors (Lipinski definition) is 7. The van der Waals surface area contributed by atoms with Crippen molar-refractivity contribution in [3.63, 3.8) is 0 Å². The van der Waals surface area contributed by atoms with Gasteiger partial charge in [0, 0.05) is 0 Å². The highest BCUT2D eigenvalue weighted by atomic mass is 32.2. The van der Waals surface area contributed by atoms with Gasteiger partial charge in [0.1, 0.15) is 6.04 Å². The first-order chi connectivity index (χ1) is 11.4. The third-order valence-corrected chi connectivity index (χ3v) is 4.48. The summed E-state index contributed by atoms with van der Waals surface area (Å²) in [4.78, 5) is 30.0. The van der Waals surface area contributed by atoms with Gasteiger partial charge < -0.3 is 14.9 Å². The Kier molecular flexibility index (Phi) is 9.48. The lowest BCUT2D eigenvalue weighted by Crippen LogP contribution is -2.44. The minimum absolute atomic E-state index is 0.222. The van der Waals surface area contributed by atoms with Crippen molar-refractivity contribution < 1.29 is 19.2 Å². The Balaban J connectivity index is 2.48. The van der Waals surface area contributed by atoms with Crippen molar-refractivity contribution in [2.75, 3.05) is 18.6 Å². The number of amides is 1. The van der Waals surface area contributed by atoms with E-state index in [0.717, 1.165) is 10.6 Å². The summed E-state index contributed by atoms with van der Waals surface area (Å²) in [5, 5.41) is 8.50. The average Bonchev–Trinajstić information content (AvgIpc) is 3.05. The van der Waals surface area contributed by atoms with Gasteiger partial charge in [0.2, 0.25) is 0 Å². The monoisotopic (exact) mass is 372 g/mol. The van der Waals surface area contributed by atoms with Crippen molar-refractivity contribution in [3.8, 4) is 0 Å².